The quantitative estimate of drug-likeness (QED) is 0.837. The van der Waals surface area contributed by atoms with Crippen molar-refractivity contribution in [2.24, 2.45) is 0 Å². The van der Waals surface area contributed by atoms with Crippen molar-refractivity contribution in [1.29, 1.82) is 0 Å². The van der Waals surface area contributed by atoms with Crippen molar-refractivity contribution >= 4 is 23.2 Å². The Bertz CT molecular complexity index is 428. The average Bonchev–Trinajstić information content (AvgIpc) is 2.63. The molecule has 17 heavy (non-hydrogen) atoms. The summed E-state index contributed by atoms with van der Waals surface area (Å²) in [5.41, 5.74) is 0. The van der Waals surface area contributed by atoms with E-state index in [1.54, 1.807) is 6.07 Å². The summed E-state index contributed by atoms with van der Waals surface area (Å²) in [5, 5.41) is 5.60. The number of hydrogen-bond donors (Lipinski definition) is 2. The fraction of sp³-hybridized carbons (Fsp3) is 0.500. The Morgan fingerprint density at radius 2 is 2.29 bits per heavy atom. The molecule has 0 bridgehead atoms. The lowest BCUT2D eigenvalue weighted by molar-refractivity contribution is -0.122. The standard InChI is InChI=1S/C12H16N2O2S/c1-8-5-6-10(17-8)12(16)14-9-4-2-3-7-13-11(9)15/h5-6,9H,2-4,7H2,1H3,(H,13,15)(H,14,16). The van der Waals surface area contributed by atoms with E-state index in [0.29, 0.717) is 11.4 Å². The third-order valence-electron chi connectivity index (χ3n) is 2.80. The van der Waals surface area contributed by atoms with Crippen LogP contribution >= 0.6 is 11.3 Å². The van der Waals surface area contributed by atoms with Crippen LogP contribution in [0.2, 0.25) is 0 Å². The molecule has 0 radical (unpaired) electrons. The zero-order valence-corrected chi connectivity index (χ0v) is 10.6. The van der Waals surface area contributed by atoms with Crippen LogP contribution in [-0.2, 0) is 4.79 Å². The molecule has 1 saturated heterocycles. The third-order valence-corrected chi connectivity index (χ3v) is 3.80. The zero-order chi connectivity index (χ0) is 12.3. The van der Waals surface area contributed by atoms with E-state index < -0.39 is 0 Å². The Morgan fingerprint density at radius 1 is 1.47 bits per heavy atom. The Labute approximate surface area is 104 Å². The highest BCUT2D eigenvalue weighted by molar-refractivity contribution is 7.13. The third kappa shape index (κ3) is 3.06. The Hall–Kier alpha value is -1.36. The number of hydrogen-bond acceptors (Lipinski definition) is 3. The van der Waals surface area contributed by atoms with Crippen molar-refractivity contribution in [1.82, 2.24) is 10.6 Å². The molecule has 92 valence electrons. The van der Waals surface area contributed by atoms with Gasteiger partial charge in [-0.2, -0.15) is 0 Å². The molecule has 2 rings (SSSR count). The number of carbonyl (C=O) groups excluding carboxylic acids is 2. The summed E-state index contributed by atoms with van der Waals surface area (Å²) in [6.07, 6.45) is 2.67. The van der Waals surface area contributed by atoms with E-state index in [0.717, 1.165) is 24.1 Å². The molecule has 0 aliphatic carbocycles. The van der Waals surface area contributed by atoms with E-state index in [-0.39, 0.29) is 17.9 Å². The van der Waals surface area contributed by atoms with Crippen LogP contribution < -0.4 is 10.6 Å². The van der Waals surface area contributed by atoms with Gasteiger partial charge in [-0.25, -0.2) is 0 Å². The molecule has 2 heterocycles. The normalized spacial score (nSPS) is 20.5. The molecule has 1 aromatic heterocycles. The highest BCUT2D eigenvalue weighted by atomic mass is 32.1. The Morgan fingerprint density at radius 3 is 3.00 bits per heavy atom. The van der Waals surface area contributed by atoms with Gasteiger partial charge in [-0.05, 0) is 38.3 Å². The molecule has 1 aliphatic rings. The van der Waals surface area contributed by atoms with Crippen LogP contribution in [0.15, 0.2) is 12.1 Å². The first kappa shape index (κ1) is 12.1. The Kier molecular flexibility index (Phi) is 3.78. The number of amides is 2. The van der Waals surface area contributed by atoms with Crippen molar-refractivity contribution in [3.05, 3.63) is 21.9 Å². The zero-order valence-electron chi connectivity index (χ0n) is 9.79. The van der Waals surface area contributed by atoms with E-state index in [9.17, 15) is 9.59 Å². The SMILES string of the molecule is Cc1ccc(C(=O)NC2CCCCNC2=O)s1. The van der Waals surface area contributed by atoms with Crippen molar-refractivity contribution in [3.8, 4) is 0 Å². The molecular formula is C12H16N2O2S. The number of aryl methyl sites for hydroxylation is 1. The van der Waals surface area contributed by atoms with Gasteiger partial charge in [0.1, 0.15) is 6.04 Å². The van der Waals surface area contributed by atoms with Gasteiger partial charge in [0.25, 0.3) is 5.91 Å². The first-order valence-corrected chi connectivity index (χ1v) is 6.63. The fourth-order valence-electron chi connectivity index (χ4n) is 1.86. The molecule has 0 spiro atoms. The summed E-state index contributed by atoms with van der Waals surface area (Å²) in [5.74, 6) is -0.214. The number of nitrogens with one attached hydrogen (secondary N) is 2. The maximum Gasteiger partial charge on any atom is 0.262 e. The van der Waals surface area contributed by atoms with Gasteiger partial charge in [-0.15, -0.1) is 11.3 Å². The van der Waals surface area contributed by atoms with Gasteiger partial charge in [0.05, 0.1) is 4.88 Å². The largest absolute Gasteiger partial charge is 0.354 e. The van der Waals surface area contributed by atoms with E-state index >= 15 is 0 Å². The minimum Gasteiger partial charge on any atom is -0.354 e. The molecule has 1 fully saturated rings. The van der Waals surface area contributed by atoms with Crippen LogP contribution in [0.1, 0.15) is 33.8 Å². The highest BCUT2D eigenvalue weighted by Crippen LogP contribution is 2.15. The summed E-state index contributed by atoms with van der Waals surface area (Å²) in [6.45, 7) is 2.67. The summed E-state index contributed by atoms with van der Waals surface area (Å²) in [4.78, 5) is 25.3. The van der Waals surface area contributed by atoms with Crippen molar-refractivity contribution < 1.29 is 9.59 Å². The van der Waals surface area contributed by atoms with Crippen LogP contribution in [-0.4, -0.2) is 24.4 Å². The monoisotopic (exact) mass is 252 g/mol. The van der Waals surface area contributed by atoms with Crippen LogP contribution in [0.5, 0.6) is 0 Å². The van der Waals surface area contributed by atoms with E-state index in [4.69, 9.17) is 0 Å². The fourth-order valence-corrected chi connectivity index (χ4v) is 2.63. The summed E-state index contributed by atoms with van der Waals surface area (Å²) >= 11 is 1.45. The van der Waals surface area contributed by atoms with E-state index in [1.807, 2.05) is 13.0 Å². The molecule has 1 atom stereocenters. The van der Waals surface area contributed by atoms with Gasteiger partial charge >= 0.3 is 0 Å². The van der Waals surface area contributed by atoms with Gasteiger partial charge in [0.15, 0.2) is 0 Å². The van der Waals surface area contributed by atoms with E-state index in [2.05, 4.69) is 10.6 Å². The highest BCUT2D eigenvalue weighted by Gasteiger charge is 2.23. The van der Waals surface area contributed by atoms with Crippen molar-refractivity contribution in [2.75, 3.05) is 6.54 Å². The molecule has 5 heteroatoms. The van der Waals surface area contributed by atoms with Crippen LogP contribution in [0.25, 0.3) is 0 Å². The molecule has 2 amide bonds. The molecule has 0 aromatic carbocycles. The van der Waals surface area contributed by atoms with Crippen LogP contribution in [0.3, 0.4) is 0 Å². The lowest BCUT2D eigenvalue weighted by atomic mass is 10.1. The summed E-state index contributed by atoms with van der Waals surface area (Å²) in [7, 11) is 0. The molecule has 1 aromatic rings. The minimum atomic E-state index is -0.382. The van der Waals surface area contributed by atoms with Gasteiger partial charge in [0.2, 0.25) is 5.91 Å². The second kappa shape index (κ2) is 5.31. The summed E-state index contributed by atoms with van der Waals surface area (Å²) in [6, 6.07) is 3.32. The van der Waals surface area contributed by atoms with Gasteiger partial charge in [-0.1, -0.05) is 0 Å². The topological polar surface area (TPSA) is 58.2 Å². The molecule has 4 nitrogen and oxygen atoms in total. The maximum absolute atomic E-state index is 11.9. The number of carbonyl (C=O) groups is 2. The summed E-state index contributed by atoms with van der Waals surface area (Å²) < 4.78 is 0. The van der Waals surface area contributed by atoms with Gasteiger partial charge < -0.3 is 10.6 Å². The smallest absolute Gasteiger partial charge is 0.262 e. The predicted molar refractivity (Wildman–Crippen MR) is 67.2 cm³/mol. The molecule has 1 unspecified atom stereocenters. The number of thiophene rings is 1. The first-order chi connectivity index (χ1) is 8.16. The minimum absolute atomic E-state index is 0.0656. The Balaban J connectivity index is 1.99. The van der Waals surface area contributed by atoms with Crippen LogP contribution in [0, 0.1) is 6.92 Å². The molecule has 2 N–H and O–H groups in total. The van der Waals surface area contributed by atoms with E-state index in [1.165, 1.54) is 11.3 Å². The van der Waals surface area contributed by atoms with Gasteiger partial charge in [-0.3, -0.25) is 9.59 Å². The number of rotatable bonds is 2. The lowest BCUT2D eigenvalue weighted by Crippen LogP contribution is -2.45. The van der Waals surface area contributed by atoms with Crippen molar-refractivity contribution in [3.63, 3.8) is 0 Å². The van der Waals surface area contributed by atoms with Gasteiger partial charge in [0, 0.05) is 11.4 Å². The first-order valence-electron chi connectivity index (χ1n) is 5.82. The molecule has 1 aliphatic heterocycles. The van der Waals surface area contributed by atoms with Crippen LogP contribution in [0.4, 0.5) is 0 Å². The van der Waals surface area contributed by atoms with Crippen molar-refractivity contribution in [2.45, 2.75) is 32.2 Å². The molecular weight excluding hydrogens is 236 g/mol. The second-order valence-electron chi connectivity index (χ2n) is 4.22. The lowest BCUT2D eigenvalue weighted by Gasteiger charge is -2.14. The maximum atomic E-state index is 11.9. The molecule has 0 saturated carbocycles. The predicted octanol–water partition coefficient (Wildman–Crippen LogP) is 1.46. The average molecular weight is 252 g/mol. The second-order valence-corrected chi connectivity index (χ2v) is 5.51.